The minimum atomic E-state index is -0.146. The van der Waals surface area contributed by atoms with E-state index in [2.05, 4.69) is 21.2 Å². The third-order valence-corrected chi connectivity index (χ3v) is 3.89. The molecule has 0 aliphatic heterocycles. The first-order valence-electron chi connectivity index (χ1n) is 6.04. The molecule has 0 amide bonds. The Balaban J connectivity index is 1.86. The summed E-state index contributed by atoms with van der Waals surface area (Å²) in [6.07, 6.45) is 3.86. The summed E-state index contributed by atoms with van der Waals surface area (Å²) in [6.45, 7) is 0.774. The van der Waals surface area contributed by atoms with Crippen molar-refractivity contribution in [1.29, 1.82) is 0 Å². The predicted octanol–water partition coefficient (Wildman–Crippen LogP) is 2.55. The molecule has 0 heterocycles. The highest BCUT2D eigenvalue weighted by Gasteiger charge is 2.19. The average Bonchev–Trinajstić information content (AvgIpc) is 2.31. The van der Waals surface area contributed by atoms with Crippen molar-refractivity contribution < 1.29 is 10.2 Å². The minimum Gasteiger partial charge on any atom is -0.507 e. The first-order chi connectivity index (χ1) is 8.15. The fourth-order valence-electron chi connectivity index (χ4n) is 2.27. The molecule has 1 fully saturated rings. The number of rotatable bonds is 3. The SMILES string of the molecule is Oc1ccc(CN[C@@H]2CCC[C@H](O)C2)cc1Br. The number of phenols is 1. The molecule has 0 radical (unpaired) electrons. The van der Waals surface area contributed by atoms with Crippen molar-refractivity contribution in [3.8, 4) is 5.75 Å². The Bertz CT molecular complexity index is 384. The molecule has 4 heteroatoms. The number of nitrogens with one attached hydrogen (secondary N) is 1. The Labute approximate surface area is 110 Å². The molecule has 94 valence electrons. The molecular weight excluding hydrogens is 282 g/mol. The molecule has 0 aromatic heterocycles. The van der Waals surface area contributed by atoms with Gasteiger partial charge in [-0.1, -0.05) is 6.07 Å². The summed E-state index contributed by atoms with van der Waals surface area (Å²) in [5, 5.41) is 22.4. The molecule has 0 unspecified atom stereocenters. The maximum Gasteiger partial charge on any atom is 0.129 e. The monoisotopic (exact) mass is 299 g/mol. The van der Waals surface area contributed by atoms with Crippen molar-refractivity contribution in [2.75, 3.05) is 0 Å². The van der Waals surface area contributed by atoms with Gasteiger partial charge >= 0.3 is 0 Å². The molecule has 1 saturated carbocycles. The maximum absolute atomic E-state index is 9.58. The summed E-state index contributed by atoms with van der Waals surface area (Å²) in [6, 6.07) is 5.93. The van der Waals surface area contributed by atoms with Crippen LogP contribution in [-0.4, -0.2) is 22.4 Å². The van der Waals surface area contributed by atoms with Crippen LogP contribution in [0.3, 0.4) is 0 Å². The lowest BCUT2D eigenvalue weighted by Gasteiger charge is -2.26. The first kappa shape index (κ1) is 12.9. The Kier molecular flexibility index (Phi) is 4.42. The minimum absolute atomic E-state index is 0.146. The van der Waals surface area contributed by atoms with Gasteiger partial charge in [0.15, 0.2) is 0 Å². The second-order valence-electron chi connectivity index (χ2n) is 4.68. The molecule has 2 atom stereocenters. The molecule has 1 aliphatic carbocycles. The van der Waals surface area contributed by atoms with Gasteiger partial charge in [-0.15, -0.1) is 0 Å². The van der Waals surface area contributed by atoms with Gasteiger partial charge < -0.3 is 15.5 Å². The van der Waals surface area contributed by atoms with E-state index < -0.39 is 0 Å². The lowest BCUT2D eigenvalue weighted by molar-refractivity contribution is 0.111. The van der Waals surface area contributed by atoms with Crippen LogP contribution >= 0.6 is 15.9 Å². The van der Waals surface area contributed by atoms with Gasteiger partial charge in [0.05, 0.1) is 10.6 Å². The number of hydrogen-bond donors (Lipinski definition) is 3. The van der Waals surface area contributed by atoms with Crippen LogP contribution in [0.15, 0.2) is 22.7 Å². The third kappa shape index (κ3) is 3.69. The molecule has 17 heavy (non-hydrogen) atoms. The van der Waals surface area contributed by atoms with Crippen LogP contribution < -0.4 is 5.32 Å². The Hall–Kier alpha value is -0.580. The molecule has 0 saturated heterocycles. The summed E-state index contributed by atoms with van der Waals surface area (Å²) < 4.78 is 0.723. The van der Waals surface area contributed by atoms with E-state index in [9.17, 15) is 10.2 Å². The van der Waals surface area contributed by atoms with Gasteiger partial charge in [-0.3, -0.25) is 0 Å². The van der Waals surface area contributed by atoms with Crippen molar-refractivity contribution in [3.05, 3.63) is 28.2 Å². The first-order valence-corrected chi connectivity index (χ1v) is 6.83. The third-order valence-electron chi connectivity index (χ3n) is 3.25. The maximum atomic E-state index is 9.58. The molecule has 2 rings (SSSR count). The fraction of sp³-hybridized carbons (Fsp3) is 0.538. The van der Waals surface area contributed by atoms with E-state index in [4.69, 9.17) is 0 Å². The van der Waals surface area contributed by atoms with Gasteiger partial charge in [-0.25, -0.2) is 0 Å². The highest BCUT2D eigenvalue weighted by molar-refractivity contribution is 9.10. The van der Waals surface area contributed by atoms with E-state index >= 15 is 0 Å². The molecule has 1 aliphatic rings. The van der Waals surface area contributed by atoms with Gasteiger partial charge in [-0.2, -0.15) is 0 Å². The van der Waals surface area contributed by atoms with E-state index in [0.717, 1.165) is 42.3 Å². The summed E-state index contributed by atoms with van der Waals surface area (Å²) in [5.41, 5.74) is 1.13. The largest absolute Gasteiger partial charge is 0.507 e. The number of benzene rings is 1. The van der Waals surface area contributed by atoms with Crippen molar-refractivity contribution >= 4 is 15.9 Å². The number of aliphatic hydroxyl groups is 1. The van der Waals surface area contributed by atoms with Crippen molar-refractivity contribution in [2.45, 2.75) is 44.4 Å². The van der Waals surface area contributed by atoms with E-state index in [1.807, 2.05) is 12.1 Å². The Morgan fingerprint density at radius 1 is 1.35 bits per heavy atom. The van der Waals surface area contributed by atoms with Crippen molar-refractivity contribution in [1.82, 2.24) is 5.32 Å². The summed E-state index contributed by atoms with van der Waals surface area (Å²) in [7, 11) is 0. The van der Waals surface area contributed by atoms with Gasteiger partial charge in [-0.05, 0) is 59.3 Å². The summed E-state index contributed by atoms with van der Waals surface area (Å²) >= 11 is 3.30. The van der Waals surface area contributed by atoms with Crippen molar-refractivity contribution in [3.63, 3.8) is 0 Å². The van der Waals surface area contributed by atoms with Crippen LogP contribution in [0.5, 0.6) is 5.75 Å². The Morgan fingerprint density at radius 2 is 2.18 bits per heavy atom. The zero-order chi connectivity index (χ0) is 12.3. The molecule has 3 N–H and O–H groups in total. The van der Waals surface area contributed by atoms with E-state index in [1.54, 1.807) is 6.07 Å². The van der Waals surface area contributed by atoms with Gasteiger partial charge in [0, 0.05) is 12.6 Å². The molecule has 0 spiro atoms. The van der Waals surface area contributed by atoms with Crippen molar-refractivity contribution in [2.24, 2.45) is 0 Å². The Morgan fingerprint density at radius 3 is 2.88 bits per heavy atom. The lowest BCUT2D eigenvalue weighted by Crippen LogP contribution is -2.35. The van der Waals surface area contributed by atoms with E-state index in [1.165, 1.54) is 0 Å². The highest BCUT2D eigenvalue weighted by Crippen LogP contribution is 2.24. The van der Waals surface area contributed by atoms with Gasteiger partial charge in [0.2, 0.25) is 0 Å². The number of hydrogen-bond acceptors (Lipinski definition) is 3. The van der Waals surface area contributed by atoms with Crippen LogP contribution in [0.4, 0.5) is 0 Å². The summed E-state index contributed by atoms with van der Waals surface area (Å²) in [4.78, 5) is 0. The predicted molar refractivity (Wildman–Crippen MR) is 70.9 cm³/mol. The second-order valence-corrected chi connectivity index (χ2v) is 5.54. The standard InChI is InChI=1S/C13H18BrNO2/c14-12-6-9(4-5-13(12)17)8-15-10-2-1-3-11(16)7-10/h4-6,10-11,15-17H,1-3,7-8H2/t10-,11+/m1/s1. The van der Waals surface area contributed by atoms with Crippen LogP contribution in [0.1, 0.15) is 31.2 Å². The average molecular weight is 300 g/mol. The van der Waals surface area contributed by atoms with Gasteiger partial charge in [0.1, 0.15) is 5.75 Å². The molecular formula is C13H18BrNO2. The van der Waals surface area contributed by atoms with E-state index in [-0.39, 0.29) is 11.9 Å². The second kappa shape index (κ2) is 5.85. The highest BCUT2D eigenvalue weighted by atomic mass is 79.9. The van der Waals surface area contributed by atoms with Crippen LogP contribution in [0, 0.1) is 0 Å². The fourth-order valence-corrected chi connectivity index (χ4v) is 2.70. The van der Waals surface area contributed by atoms with E-state index in [0.29, 0.717) is 6.04 Å². The smallest absolute Gasteiger partial charge is 0.129 e. The molecule has 0 bridgehead atoms. The number of aromatic hydroxyl groups is 1. The zero-order valence-corrected chi connectivity index (χ0v) is 11.3. The van der Waals surface area contributed by atoms with Crippen LogP contribution in [0.2, 0.25) is 0 Å². The molecule has 1 aromatic rings. The quantitative estimate of drug-likeness (QED) is 0.804. The normalized spacial score (nSPS) is 24.8. The topological polar surface area (TPSA) is 52.5 Å². The number of halogens is 1. The number of aliphatic hydroxyl groups excluding tert-OH is 1. The van der Waals surface area contributed by atoms with Crippen LogP contribution in [-0.2, 0) is 6.54 Å². The number of phenolic OH excluding ortho intramolecular Hbond substituents is 1. The van der Waals surface area contributed by atoms with Crippen LogP contribution in [0.25, 0.3) is 0 Å². The molecule has 1 aromatic carbocycles. The summed E-state index contributed by atoms with van der Waals surface area (Å²) in [5.74, 6) is 0.266. The lowest BCUT2D eigenvalue weighted by atomic mass is 9.93. The molecule has 3 nitrogen and oxygen atoms in total. The zero-order valence-electron chi connectivity index (χ0n) is 9.69. The van der Waals surface area contributed by atoms with Gasteiger partial charge in [0.25, 0.3) is 0 Å².